The van der Waals surface area contributed by atoms with Gasteiger partial charge in [0.05, 0.1) is 10.7 Å². The first-order valence-electron chi connectivity index (χ1n) is 6.96. The molecule has 0 saturated heterocycles. The Labute approximate surface area is 128 Å². The Morgan fingerprint density at radius 3 is 2.62 bits per heavy atom. The minimum absolute atomic E-state index is 0.234. The van der Waals surface area contributed by atoms with Crippen LogP contribution in [0, 0.1) is 5.82 Å². The van der Waals surface area contributed by atoms with Gasteiger partial charge in [0, 0.05) is 12.1 Å². The van der Waals surface area contributed by atoms with Gasteiger partial charge in [-0.15, -0.1) is 0 Å². The van der Waals surface area contributed by atoms with Crippen LogP contribution in [0.4, 0.5) is 21.7 Å². The van der Waals surface area contributed by atoms with Crippen molar-refractivity contribution in [3.8, 4) is 0 Å². The van der Waals surface area contributed by atoms with E-state index in [2.05, 4.69) is 27.5 Å². The minimum atomic E-state index is -0.409. The Balaban J connectivity index is 2.41. The van der Waals surface area contributed by atoms with Crippen molar-refractivity contribution in [2.45, 2.75) is 26.7 Å². The van der Waals surface area contributed by atoms with Gasteiger partial charge in [0.1, 0.15) is 23.8 Å². The number of rotatable bonds is 6. The first-order chi connectivity index (χ1) is 10.2. The summed E-state index contributed by atoms with van der Waals surface area (Å²) in [5.41, 5.74) is 1.17. The van der Waals surface area contributed by atoms with E-state index in [0.29, 0.717) is 10.8 Å². The summed E-state index contributed by atoms with van der Waals surface area (Å²) in [6.45, 7) is 4.83. The molecule has 2 aromatic rings. The lowest BCUT2D eigenvalue weighted by Gasteiger charge is -2.15. The predicted molar refractivity (Wildman–Crippen MR) is 84.9 cm³/mol. The van der Waals surface area contributed by atoms with E-state index in [4.69, 9.17) is 11.6 Å². The molecule has 6 heteroatoms. The van der Waals surface area contributed by atoms with Crippen LogP contribution in [0.3, 0.4) is 0 Å². The molecule has 0 radical (unpaired) electrons. The maximum atomic E-state index is 13.9. The molecule has 0 atom stereocenters. The normalized spacial score (nSPS) is 10.5. The number of benzene rings is 1. The molecule has 2 N–H and O–H groups in total. The maximum absolute atomic E-state index is 13.9. The van der Waals surface area contributed by atoms with Crippen molar-refractivity contribution >= 4 is 28.9 Å². The molecule has 0 aliphatic rings. The highest BCUT2D eigenvalue weighted by molar-refractivity contribution is 6.33. The van der Waals surface area contributed by atoms with Crippen LogP contribution in [0.2, 0.25) is 5.02 Å². The minimum Gasteiger partial charge on any atom is -0.370 e. The summed E-state index contributed by atoms with van der Waals surface area (Å²) in [5, 5.41) is 6.51. The Kier molecular flexibility index (Phi) is 5.33. The third kappa shape index (κ3) is 3.61. The first-order valence-corrected chi connectivity index (χ1v) is 7.33. The van der Waals surface area contributed by atoms with Crippen LogP contribution < -0.4 is 10.6 Å². The molecule has 0 unspecified atom stereocenters. The lowest BCUT2D eigenvalue weighted by molar-refractivity contribution is 0.632. The Hall–Kier alpha value is -1.88. The number of hydrogen-bond donors (Lipinski definition) is 2. The molecule has 112 valence electrons. The van der Waals surface area contributed by atoms with Gasteiger partial charge in [-0.3, -0.25) is 0 Å². The van der Waals surface area contributed by atoms with Crippen LogP contribution in [-0.2, 0) is 6.42 Å². The third-order valence-corrected chi connectivity index (χ3v) is 3.31. The Morgan fingerprint density at radius 2 is 1.95 bits per heavy atom. The van der Waals surface area contributed by atoms with Crippen molar-refractivity contribution in [1.82, 2.24) is 9.97 Å². The summed E-state index contributed by atoms with van der Waals surface area (Å²) in [6, 6.07) is 4.57. The molecular formula is C15H18ClFN4. The van der Waals surface area contributed by atoms with Crippen LogP contribution >= 0.6 is 11.6 Å². The van der Waals surface area contributed by atoms with E-state index in [0.717, 1.165) is 30.8 Å². The molecule has 0 amide bonds. The lowest BCUT2D eigenvalue weighted by atomic mass is 10.1. The van der Waals surface area contributed by atoms with Gasteiger partial charge in [0.2, 0.25) is 0 Å². The smallest absolute Gasteiger partial charge is 0.148 e. The van der Waals surface area contributed by atoms with Crippen LogP contribution in [0.25, 0.3) is 0 Å². The van der Waals surface area contributed by atoms with Crippen molar-refractivity contribution in [2.24, 2.45) is 0 Å². The van der Waals surface area contributed by atoms with Crippen molar-refractivity contribution in [2.75, 3.05) is 17.2 Å². The molecule has 0 spiro atoms. The molecule has 2 rings (SSSR count). The molecule has 1 aromatic heterocycles. The molecule has 0 fully saturated rings. The van der Waals surface area contributed by atoms with Gasteiger partial charge in [-0.2, -0.15) is 0 Å². The number of halogens is 2. The highest BCUT2D eigenvalue weighted by Crippen LogP contribution is 2.30. The largest absolute Gasteiger partial charge is 0.370 e. The van der Waals surface area contributed by atoms with Gasteiger partial charge >= 0.3 is 0 Å². The van der Waals surface area contributed by atoms with Gasteiger partial charge in [-0.1, -0.05) is 31.0 Å². The molecule has 0 aliphatic carbocycles. The van der Waals surface area contributed by atoms with Gasteiger partial charge in [0.15, 0.2) is 0 Å². The van der Waals surface area contributed by atoms with Crippen LogP contribution in [0.5, 0.6) is 0 Å². The Morgan fingerprint density at radius 1 is 1.19 bits per heavy atom. The summed E-state index contributed by atoms with van der Waals surface area (Å²) < 4.78 is 13.9. The summed E-state index contributed by atoms with van der Waals surface area (Å²) in [4.78, 5) is 8.48. The third-order valence-electron chi connectivity index (χ3n) is 3.00. The van der Waals surface area contributed by atoms with Crippen LogP contribution in [-0.4, -0.2) is 16.5 Å². The van der Waals surface area contributed by atoms with Crippen LogP contribution in [0.15, 0.2) is 24.5 Å². The van der Waals surface area contributed by atoms with Gasteiger partial charge in [0.25, 0.3) is 0 Å². The average Bonchev–Trinajstić information content (AvgIpc) is 2.46. The molecule has 21 heavy (non-hydrogen) atoms. The molecule has 1 aromatic carbocycles. The van der Waals surface area contributed by atoms with Crippen molar-refractivity contribution in [3.05, 3.63) is 40.9 Å². The zero-order valence-electron chi connectivity index (χ0n) is 12.1. The summed E-state index contributed by atoms with van der Waals surface area (Å²) >= 11 is 6.05. The number of anilines is 3. The van der Waals surface area contributed by atoms with Crippen molar-refractivity contribution in [3.63, 3.8) is 0 Å². The molecule has 0 saturated carbocycles. The van der Waals surface area contributed by atoms with Gasteiger partial charge < -0.3 is 10.6 Å². The van der Waals surface area contributed by atoms with Gasteiger partial charge in [-0.05, 0) is 25.5 Å². The van der Waals surface area contributed by atoms with Crippen molar-refractivity contribution < 1.29 is 4.39 Å². The fourth-order valence-electron chi connectivity index (χ4n) is 2.06. The summed E-state index contributed by atoms with van der Waals surface area (Å²) in [7, 11) is 0. The van der Waals surface area contributed by atoms with E-state index in [-0.39, 0.29) is 5.69 Å². The molecule has 0 aliphatic heterocycles. The Bertz CT molecular complexity index is 598. The second-order valence-electron chi connectivity index (χ2n) is 4.55. The number of nitrogens with one attached hydrogen (secondary N) is 2. The van der Waals surface area contributed by atoms with E-state index < -0.39 is 5.82 Å². The zero-order chi connectivity index (χ0) is 15.2. The molecular weight excluding hydrogens is 291 g/mol. The lowest BCUT2D eigenvalue weighted by Crippen LogP contribution is -2.08. The second kappa shape index (κ2) is 7.22. The quantitative estimate of drug-likeness (QED) is 0.830. The number of para-hydroxylation sites is 1. The highest BCUT2D eigenvalue weighted by Gasteiger charge is 2.14. The van der Waals surface area contributed by atoms with E-state index >= 15 is 0 Å². The fraction of sp³-hybridized carbons (Fsp3) is 0.333. The molecule has 1 heterocycles. The van der Waals surface area contributed by atoms with Crippen LogP contribution in [0.1, 0.15) is 25.8 Å². The maximum Gasteiger partial charge on any atom is 0.148 e. The fourth-order valence-corrected chi connectivity index (χ4v) is 2.27. The van der Waals surface area contributed by atoms with Crippen molar-refractivity contribution in [1.29, 1.82) is 0 Å². The highest BCUT2D eigenvalue weighted by atomic mass is 35.5. The van der Waals surface area contributed by atoms with E-state index in [9.17, 15) is 4.39 Å². The predicted octanol–water partition coefficient (Wildman–Crippen LogP) is 4.40. The number of hydrogen-bond acceptors (Lipinski definition) is 4. The topological polar surface area (TPSA) is 49.8 Å². The van der Waals surface area contributed by atoms with E-state index in [1.54, 1.807) is 12.1 Å². The average molecular weight is 309 g/mol. The second-order valence-corrected chi connectivity index (χ2v) is 4.96. The standard InChI is InChI=1S/C15H18ClFN4/c1-3-6-10-14(18-4-2)19-9-20-15(10)21-13-11(16)7-5-8-12(13)17/h5,7-9H,3-4,6H2,1-2H3,(H2,18,19,20,21). The number of nitrogens with zero attached hydrogens (tertiary/aromatic N) is 2. The molecule has 4 nitrogen and oxygen atoms in total. The first kappa shape index (κ1) is 15.5. The summed E-state index contributed by atoms with van der Waals surface area (Å²) in [5.74, 6) is 0.938. The van der Waals surface area contributed by atoms with Gasteiger partial charge in [-0.25, -0.2) is 14.4 Å². The summed E-state index contributed by atoms with van der Waals surface area (Å²) in [6.07, 6.45) is 3.18. The monoisotopic (exact) mass is 308 g/mol. The molecule has 0 bridgehead atoms. The zero-order valence-corrected chi connectivity index (χ0v) is 12.8. The SMILES string of the molecule is CCCc1c(NCC)ncnc1Nc1c(F)cccc1Cl. The van der Waals surface area contributed by atoms with E-state index in [1.807, 2.05) is 6.92 Å². The number of aromatic nitrogens is 2. The van der Waals surface area contributed by atoms with E-state index in [1.165, 1.54) is 12.4 Å².